The highest BCUT2D eigenvalue weighted by Gasteiger charge is 1.93. The first-order valence-electron chi connectivity index (χ1n) is 8.56. The molecule has 0 spiro atoms. The van der Waals surface area contributed by atoms with Crippen LogP contribution in [0.2, 0.25) is 0 Å². The molecule has 0 aliphatic carbocycles. The molecule has 0 radical (unpaired) electrons. The highest BCUT2D eigenvalue weighted by Crippen LogP contribution is 2.13. The Bertz CT molecular complexity index is 384. The Morgan fingerprint density at radius 3 is 1.33 bits per heavy atom. The predicted octanol–water partition coefficient (Wildman–Crippen LogP) is 7.54. The van der Waals surface area contributed by atoms with E-state index >= 15 is 0 Å². The monoisotopic (exact) mass is 288 g/mol. The van der Waals surface area contributed by atoms with Gasteiger partial charge in [-0.15, -0.1) is 0 Å². The molecule has 0 aliphatic rings. The van der Waals surface area contributed by atoms with Crippen LogP contribution in [0.15, 0.2) is 46.6 Å². The van der Waals surface area contributed by atoms with Crippen molar-refractivity contribution in [2.24, 2.45) is 0 Å². The Hall–Kier alpha value is -1.04. The van der Waals surface area contributed by atoms with Gasteiger partial charge in [-0.05, 0) is 79.6 Å². The SMILES string of the molecule is CC/C=C(\C)CC/C=C(/C)CC/C=C(\C)CCC=C(C)C. The third-order valence-corrected chi connectivity index (χ3v) is 3.71. The van der Waals surface area contributed by atoms with E-state index in [0.717, 1.165) is 6.42 Å². The summed E-state index contributed by atoms with van der Waals surface area (Å²) in [6.45, 7) is 13.3. The first-order valence-corrected chi connectivity index (χ1v) is 8.56. The van der Waals surface area contributed by atoms with Crippen molar-refractivity contribution in [1.29, 1.82) is 0 Å². The van der Waals surface area contributed by atoms with Gasteiger partial charge in [0.15, 0.2) is 0 Å². The van der Waals surface area contributed by atoms with Crippen molar-refractivity contribution in [3.8, 4) is 0 Å². The van der Waals surface area contributed by atoms with Gasteiger partial charge in [-0.1, -0.05) is 53.5 Å². The van der Waals surface area contributed by atoms with Crippen molar-refractivity contribution in [3.63, 3.8) is 0 Å². The number of hydrogen-bond donors (Lipinski definition) is 0. The van der Waals surface area contributed by atoms with E-state index in [4.69, 9.17) is 0 Å². The molecule has 0 atom stereocenters. The van der Waals surface area contributed by atoms with E-state index in [0.29, 0.717) is 0 Å². The zero-order valence-electron chi connectivity index (χ0n) is 15.3. The van der Waals surface area contributed by atoms with Crippen LogP contribution in [0.3, 0.4) is 0 Å². The lowest BCUT2D eigenvalue weighted by Gasteiger charge is -2.02. The van der Waals surface area contributed by atoms with E-state index < -0.39 is 0 Å². The van der Waals surface area contributed by atoms with Crippen LogP contribution in [0, 0.1) is 0 Å². The molecule has 0 fully saturated rings. The molecule has 0 bridgehead atoms. The van der Waals surface area contributed by atoms with Crippen LogP contribution >= 0.6 is 0 Å². The van der Waals surface area contributed by atoms with Gasteiger partial charge in [0, 0.05) is 0 Å². The van der Waals surface area contributed by atoms with Crippen LogP contribution in [0.5, 0.6) is 0 Å². The summed E-state index contributed by atoms with van der Waals surface area (Å²) in [4.78, 5) is 0. The summed E-state index contributed by atoms with van der Waals surface area (Å²) >= 11 is 0. The lowest BCUT2D eigenvalue weighted by Crippen LogP contribution is -1.82. The molecule has 0 nitrogen and oxygen atoms in total. The Balaban J connectivity index is 3.93. The minimum Gasteiger partial charge on any atom is -0.0859 e. The Kier molecular flexibility index (Phi) is 12.1. The van der Waals surface area contributed by atoms with Gasteiger partial charge in [-0.25, -0.2) is 0 Å². The molecule has 0 saturated heterocycles. The Morgan fingerprint density at radius 1 is 0.571 bits per heavy atom. The van der Waals surface area contributed by atoms with Gasteiger partial charge in [0.25, 0.3) is 0 Å². The second kappa shape index (κ2) is 12.7. The molecule has 0 N–H and O–H groups in total. The molecule has 0 saturated carbocycles. The number of rotatable bonds is 10. The van der Waals surface area contributed by atoms with Gasteiger partial charge in [0.2, 0.25) is 0 Å². The molecule has 21 heavy (non-hydrogen) atoms. The summed E-state index contributed by atoms with van der Waals surface area (Å²) in [6.07, 6.45) is 17.8. The van der Waals surface area contributed by atoms with Crippen LogP contribution in [0.25, 0.3) is 0 Å². The fraction of sp³-hybridized carbons (Fsp3) is 0.619. The zero-order chi connectivity index (χ0) is 16.1. The first kappa shape index (κ1) is 20.0. The summed E-state index contributed by atoms with van der Waals surface area (Å²) in [6, 6.07) is 0. The van der Waals surface area contributed by atoms with Gasteiger partial charge < -0.3 is 0 Å². The minimum absolute atomic E-state index is 1.16. The van der Waals surface area contributed by atoms with Gasteiger partial charge in [0.1, 0.15) is 0 Å². The number of hydrogen-bond acceptors (Lipinski definition) is 0. The van der Waals surface area contributed by atoms with Crippen molar-refractivity contribution in [3.05, 3.63) is 46.6 Å². The summed E-state index contributed by atoms with van der Waals surface area (Å²) in [7, 11) is 0. The van der Waals surface area contributed by atoms with Crippen LogP contribution in [-0.4, -0.2) is 0 Å². The fourth-order valence-corrected chi connectivity index (χ4v) is 2.34. The molecule has 0 aromatic rings. The van der Waals surface area contributed by atoms with E-state index in [1.54, 1.807) is 0 Å². The Morgan fingerprint density at radius 2 is 0.952 bits per heavy atom. The second-order valence-electron chi connectivity index (χ2n) is 6.46. The first-order chi connectivity index (χ1) is 9.95. The van der Waals surface area contributed by atoms with Crippen LogP contribution in [0.1, 0.15) is 86.5 Å². The average molecular weight is 289 g/mol. The molecular formula is C21H36. The summed E-state index contributed by atoms with van der Waals surface area (Å²) < 4.78 is 0. The van der Waals surface area contributed by atoms with Crippen molar-refractivity contribution in [1.82, 2.24) is 0 Å². The maximum Gasteiger partial charge on any atom is -0.0288 e. The molecule has 0 unspecified atom stereocenters. The van der Waals surface area contributed by atoms with E-state index in [2.05, 4.69) is 65.8 Å². The predicted molar refractivity (Wildman–Crippen MR) is 98.7 cm³/mol. The summed E-state index contributed by atoms with van der Waals surface area (Å²) in [5.41, 5.74) is 6.01. The van der Waals surface area contributed by atoms with Crippen molar-refractivity contribution < 1.29 is 0 Å². The molecule has 0 aromatic heterocycles. The van der Waals surface area contributed by atoms with E-state index in [1.807, 2.05) is 0 Å². The van der Waals surface area contributed by atoms with Gasteiger partial charge in [-0.3, -0.25) is 0 Å². The minimum atomic E-state index is 1.16. The third-order valence-electron chi connectivity index (χ3n) is 3.71. The quantitative estimate of drug-likeness (QED) is 0.364. The lowest BCUT2D eigenvalue weighted by atomic mass is 10.0. The van der Waals surface area contributed by atoms with Gasteiger partial charge in [-0.2, -0.15) is 0 Å². The molecule has 0 rings (SSSR count). The van der Waals surface area contributed by atoms with E-state index in [1.165, 1.54) is 60.8 Å². The maximum atomic E-state index is 2.42. The topological polar surface area (TPSA) is 0 Å². The molecule has 0 heterocycles. The van der Waals surface area contributed by atoms with Crippen LogP contribution in [0.4, 0.5) is 0 Å². The fourth-order valence-electron chi connectivity index (χ4n) is 2.34. The lowest BCUT2D eigenvalue weighted by molar-refractivity contribution is 0.897. The van der Waals surface area contributed by atoms with Gasteiger partial charge in [0.05, 0.1) is 0 Å². The molecule has 120 valence electrons. The number of allylic oxidation sites excluding steroid dienone is 8. The van der Waals surface area contributed by atoms with Crippen molar-refractivity contribution in [2.75, 3.05) is 0 Å². The zero-order valence-corrected chi connectivity index (χ0v) is 15.3. The average Bonchev–Trinajstić information content (AvgIpc) is 2.38. The Labute approximate surface area is 133 Å². The normalized spacial score (nSPS) is 13.5. The molecule has 0 heteroatoms. The van der Waals surface area contributed by atoms with Gasteiger partial charge >= 0.3 is 0 Å². The molecule has 0 amide bonds. The van der Waals surface area contributed by atoms with Crippen molar-refractivity contribution in [2.45, 2.75) is 86.5 Å². The molecule has 0 aliphatic heterocycles. The van der Waals surface area contributed by atoms with E-state index in [-0.39, 0.29) is 0 Å². The standard InChI is InChI=1S/C21H36/c1-7-11-19(4)14-9-15-21(6)17-10-16-20(5)13-8-12-18(2)3/h11-12,15-16H,7-10,13-14,17H2,1-6H3/b19-11+,20-16+,21-15-. The van der Waals surface area contributed by atoms with Crippen LogP contribution in [-0.2, 0) is 0 Å². The smallest absolute Gasteiger partial charge is 0.0288 e. The highest BCUT2D eigenvalue weighted by molar-refractivity contribution is 5.06. The molecule has 0 aromatic carbocycles. The molecular weight excluding hydrogens is 252 g/mol. The summed E-state index contributed by atoms with van der Waals surface area (Å²) in [5.74, 6) is 0. The van der Waals surface area contributed by atoms with Crippen LogP contribution < -0.4 is 0 Å². The third kappa shape index (κ3) is 13.7. The maximum absolute atomic E-state index is 2.42. The highest BCUT2D eigenvalue weighted by atomic mass is 14.0. The van der Waals surface area contributed by atoms with E-state index in [9.17, 15) is 0 Å². The largest absolute Gasteiger partial charge is 0.0859 e. The second-order valence-corrected chi connectivity index (χ2v) is 6.46. The summed E-state index contributed by atoms with van der Waals surface area (Å²) in [5, 5.41) is 0. The van der Waals surface area contributed by atoms with Crippen molar-refractivity contribution >= 4 is 0 Å².